The van der Waals surface area contributed by atoms with Crippen LogP contribution in [0.1, 0.15) is 31.4 Å². The van der Waals surface area contributed by atoms with Crippen molar-refractivity contribution in [2.45, 2.75) is 37.3 Å². The third-order valence-corrected chi connectivity index (χ3v) is 3.00. The highest BCUT2D eigenvalue weighted by Gasteiger charge is 2.34. The summed E-state index contributed by atoms with van der Waals surface area (Å²) in [6.07, 6.45) is 4.94. The molecular weight excluding hydrogens is 176 g/mol. The molecule has 0 saturated heterocycles. The summed E-state index contributed by atoms with van der Waals surface area (Å²) in [4.78, 5) is 4.21. The van der Waals surface area contributed by atoms with Gasteiger partial charge in [0.05, 0.1) is 5.69 Å². The SMILES string of the molecule is NC1CCC(O)(c2ccccn2)CC1. The van der Waals surface area contributed by atoms with Gasteiger partial charge in [0.1, 0.15) is 5.60 Å². The fourth-order valence-electron chi connectivity index (χ4n) is 2.01. The smallest absolute Gasteiger partial charge is 0.107 e. The molecule has 1 aromatic rings. The summed E-state index contributed by atoms with van der Waals surface area (Å²) in [7, 11) is 0. The van der Waals surface area contributed by atoms with Gasteiger partial charge in [0.2, 0.25) is 0 Å². The number of aromatic nitrogens is 1. The van der Waals surface area contributed by atoms with Gasteiger partial charge in [-0.15, -0.1) is 0 Å². The largest absolute Gasteiger partial charge is 0.384 e. The Balaban J connectivity index is 2.17. The van der Waals surface area contributed by atoms with Gasteiger partial charge in [-0.25, -0.2) is 0 Å². The molecule has 3 nitrogen and oxygen atoms in total. The molecule has 0 bridgehead atoms. The number of aliphatic hydroxyl groups is 1. The molecule has 0 aromatic carbocycles. The first-order valence-electron chi connectivity index (χ1n) is 5.10. The predicted octanol–water partition coefficient (Wildman–Crippen LogP) is 1.17. The maximum atomic E-state index is 10.3. The van der Waals surface area contributed by atoms with Gasteiger partial charge < -0.3 is 10.8 Å². The Labute approximate surface area is 84.0 Å². The molecule has 3 heteroatoms. The minimum atomic E-state index is -0.739. The van der Waals surface area contributed by atoms with E-state index in [4.69, 9.17) is 5.73 Å². The van der Waals surface area contributed by atoms with Crippen LogP contribution in [0, 0.1) is 0 Å². The summed E-state index contributed by atoms with van der Waals surface area (Å²) in [5.41, 5.74) is 5.85. The number of rotatable bonds is 1. The lowest BCUT2D eigenvalue weighted by atomic mass is 9.80. The van der Waals surface area contributed by atoms with E-state index >= 15 is 0 Å². The van der Waals surface area contributed by atoms with E-state index in [0.717, 1.165) is 31.4 Å². The Bertz CT molecular complexity index is 291. The number of nitrogens with two attached hydrogens (primary N) is 1. The van der Waals surface area contributed by atoms with E-state index in [1.807, 2.05) is 18.2 Å². The lowest BCUT2D eigenvalue weighted by Gasteiger charge is -2.34. The van der Waals surface area contributed by atoms with E-state index in [1.54, 1.807) is 6.20 Å². The highest BCUT2D eigenvalue weighted by molar-refractivity contribution is 5.14. The molecule has 1 saturated carbocycles. The molecule has 1 aromatic heterocycles. The minimum absolute atomic E-state index is 0.249. The molecule has 0 amide bonds. The number of hydrogen-bond donors (Lipinski definition) is 2. The van der Waals surface area contributed by atoms with Gasteiger partial charge in [-0.3, -0.25) is 4.98 Å². The quantitative estimate of drug-likeness (QED) is 0.702. The van der Waals surface area contributed by atoms with Crippen molar-refractivity contribution in [1.29, 1.82) is 0 Å². The van der Waals surface area contributed by atoms with Gasteiger partial charge in [-0.2, -0.15) is 0 Å². The summed E-state index contributed by atoms with van der Waals surface area (Å²) >= 11 is 0. The Morgan fingerprint density at radius 1 is 1.36 bits per heavy atom. The molecule has 0 unspecified atom stereocenters. The van der Waals surface area contributed by atoms with E-state index < -0.39 is 5.60 Å². The normalized spacial score (nSPS) is 32.9. The van der Waals surface area contributed by atoms with E-state index in [0.29, 0.717) is 0 Å². The van der Waals surface area contributed by atoms with Crippen LogP contribution in [0.15, 0.2) is 24.4 Å². The lowest BCUT2D eigenvalue weighted by molar-refractivity contribution is -0.00887. The lowest BCUT2D eigenvalue weighted by Crippen LogP contribution is -2.37. The van der Waals surface area contributed by atoms with Crippen molar-refractivity contribution in [3.63, 3.8) is 0 Å². The van der Waals surface area contributed by atoms with Crippen LogP contribution in [0.25, 0.3) is 0 Å². The van der Waals surface area contributed by atoms with E-state index in [9.17, 15) is 5.11 Å². The monoisotopic (exact) mass is 192 g/mol. The van der Waals surface area contributed by atoms with Crippen molar-refractivity contribution in [2.75, 3.05) is 0 Å². The van der Waals surface area contributed by atoms with Crippen molar-refractivity contribution in [1.82, 2.24) is 4.98 Å². The fraction of sp³-hybridized carbons (Fsp3) is 0.545. The van der Waals surface area contributed by atoms with Crippen LogP contribution in [0.4, 0.5) is 0 Å². The fourth-order valence-corrected chi connectivity index (χ4v) is 2.01. The van der Waals surface area contributed by atoms with E-state index in [2.05, 4.69) is 4.98 Å². The highest BCUT2D eigenvalue weighted by Crippen LogP contribution is 2.35. The predicted molar refractivity (Wildman–Crippen MR) is 54.6 cm³/mol. The van der Waals surface area contributed by atoms with Crippen molar-refractivity contribution in [2.24, 2.45) is 5.73 Å². The molecule has 76 valence electrons. The average Bonchev–Trinajstić information content (AvgIpc) is 2.24. The topological polar surface area (TPSA) is 59.1 Å². The number of pyridine rings is 1. The van der Waals surface area contributed by atoms with Crippen molar-refractivity contribution in [3.8, 4) is 0 Å². The Morgan fingerprint density at radius 3 is 2.64 bits per heavy atom. The Kier molecular flexibility index (Phi) is 2.52. The molecule has 1 fully saturated rings. The summed E-state index contributed by atoms with van der Waals surface area (Å²) in [5.74, 6) is 0. The molecule has 0 spiro atoms. The first kappa shape index (κ1) is 9.62. The molecule has 2 rings (SSSR count). The van der Waals surface area contributed by atoms with E-state index in [1.165, 1.54) is 0 Å². The molecule has 1 aliphatic rings. The van der Waals surface area contributed by atoms with Gasteiger partial charge >= 0.3 is 0 Å². The van der Waals surface area contributed by atoms with Crippen LogP contribution >= 0.6 is 0 Å². The van der Waals surface area contributed by atoms with Crippen LogP contribution < -0.4 is 5.73 Å². The van der Waals surface area contributed by atoms with Gasteiger partial charge in [0, 0.05) is 12.2 Å². The molecule has 3 N–H and O–H groups in total. The maximum Gasteiger partial charge on any atom is 0.107 e. The van der Waals surface area contributed by atoms with Gasteiger partial charge in [-0.05, 0) is 37.8 Å². The summed E-state index contributed by atoms with van der Waals surface area (Å²) in [5, 5.41) is 10.3. The molecular formula is C11H16N2O. The maximum absolute atomic E-state index is 10.3. The zero-order valence-electron chi connectivity index (χ0n) is 8.19. The van der Waals surface area contributed by atoms with Gasteiger partial charge in [-0.1, -0.05) is 6.07 Å². The Hall–Kier alpha value is -0.930. The first-order chi connectivity index (χ1) is 6.71. The zero-order valence-corrected chi connectivity index (χ0v) is 8.19. The van der Waals surface area contributed by atoms with Crippen LogP contribution in [-0.4, -0.2) is 16.1 Å². The van der Waals surface area contributed by atoms with Crippen LogP contribution in [0.2, 0.25) is 0 Å². The van der Waals surface area contributed by atoms with Crippen LogP contribution in [0.3, 0.4) is 0 Å². The zero-order chi connectivity index (χ0) is 10.0. The van der Waals surface area contributed by atoms with Crippen molar-refractivity contribution >= 4 is 0 Å². The Morgan fingerprint density at radius 2 is 2.07 bits per heavy atom. The second-order valence-electron chi connectivity index (χ2n) is 4.08. The van der Waals surface area contributed by atoms with Crippen molar-refractivity contribution < 1.29 is 5.11 Å². The second-order valence-corrected chi connectivity index (χ2v) is 4.08. The summed E-state index contributed by atoms with van der Waals surface area (Å²) < 4.78 is 0. The first-order valence-corrected chi connectivity index (χ1v) is 5.10. The molecule has 14 heavy (non-hydrogen) atoms. The minimum Gasteiger partial charge on any atom is -0.384 e. The van der Waals surface area contributed by atoms with Crippen LogP contribution in [-0.2, 0) is 5.60 Å². The van der Waals surface area contributed by atoms with Gasteiger partial charge in [0.25, 0.3) is 0 Å². The van der Waals surface area contributed by atoms with Crippen molar-refractivity contribution in [3.05, 3.63) is 30.1 Å². The molecule has 0 aliphatic heterocycles. The molecule has 0 radical (unpaired) electrons. The third kappa shape index (κ3) is 1.79. The highest BCUT2D eigenvalue weighted by atomic mass is 16.3. The third-order valence-electron chi connectivity index (χ3n) is 3.00. The second kappa shape index (κ2) is 3.67. The van der Waals surface area contributed by atoms with Crippen LogP contribution in [0.5, 0.6) is 0 Å². The molecule has 1 heterocycles. The molecule has 1 aliphatic carbocycles. The molecule has 0 atom stereocenters. The number of nitrogens with zero attached hydrogens (tertiary/aromatic N) is 1. The average molecular weight is 192 g/mol. The standard InChI is InChI=1S/C11H16N2O/c12-9-4-6-11(14,7-5-9)10-3-1-2-8-13-10/h1-3,8-9,14H,4-7,12H2. The van der Waals surface area contributed by atoms with E-state index in [-0.39, 0.29) is 6.04 Å². The summed E-state index contributed by atoms with van der Waals surface area (Å²) in [6, 6.07) is 5.91. The van der Waals surface area contributed by atoms with Gasteiger partial charge in [0.15, 0.2) is 0 Å². The summed E-state index contributed by atoms with van der Waals surface area (Å²) in [6.45, 7) is 0. The number of hydrogen-bond acceptors (Lipinski definition) is 3.